The van der Waals surface area contributed by atoms with Crippen LogP contribution in [0.25, 0.3) is 0 Å². The summed E-state index contributed by atoms with van der Waals surface area (Å²) in [6.07, 6.45) is 7.10. The predicted molar refractivity (Wildman–Crippen MR) is 103 cm³/mol. The number of hydrogen-bond donors (Lipinski definition) is 2. The van der Waals surface area contributed by atoms with Crippen LogP contribution in [0.2, 0.25) is 8.87 Å². The minimum absolute atomic E-state index is 0.149. The molecule has 0 bridgehead atoms. The molecule has 0 unspecified atom stereocenters. The molecule has 0 spiro atoms. The van der Waals surface area contributed by atoms with Crippen molar-refractivity contribution in [2.75, 3.05) is 7.05 Å². The second kappa shape index (κ2) is 15.5. The van der Waals surface area contributed by atoms with Gasteiger partial charge in [-0.1, -0.05) is 18.2 Å². The number of rotatable bonds is 8. The van der Waals surface area contributed by atoms with Crippen LogP contribution in [-0.4, -0.2) is 39.5 Å². The summed E-state index contributed by atoms with van der Waals surface area (Å²) in [5, 5.41) is 28.9. The number of nitrogens with one attached hydrogen (secondary N) is 2. The van der Waals surface area contributed by atoms with Crippen LogP contribution in [0.4, 0.5) is 0 Å². The molecule has 0 saturated heterocycles. The van der Waals surface area contributed by atoms with Gasteiger partial charge in [-0.2, -0.15) is 5.10 Å². The maximum atomic E-state index is 11.2. The Morgan fingerprint density at radius 1 is 1.21 bits per heavy atom. The molecule has 132 valence electrons. The first-order valence-corrected chi connectivity index (χ1v) is 12.7. The first kappa shape index (κ1) is 23.0. The first-order valence-electron chi connectivity index (χ1n) is 8.25. The Labute approximate surface area is 161 Å². The number of thiocarbonyl (C=S) groups is 1. The molecule has 7 heteroatoms. The molecule has 0 saturated carbocycles. The van der Waals surface area contributed by atoms with Gasteiger partial charge in [0.1, 0.15) is 0 Å². The van der Waals surface area contributed by atoms with Crippen molar-refractivity contribution in [3.8, 4) is 11.5 Å². The summed E-state index contributed by atoms with van der Waals surface area (Å²) >= 11 is 4.90. The van der Waals surface area contributed by atoms with Gasteiger partial charge in [0.05, 0.1) is 6.21 Å². The third-order valence-corrected chi connectivity index (χ3v) is 7.35. The number of hydrazone groups is 1. The van der Waals surface area contributed by atoms with Gasteiger partial charge in [-0.3, -0.25) is 5.43 Å². The Kier molecular flexibility index (Phi) is 14.8. The number of para-hydroxylation sites is 1. The summed E-state index contributed by atoms with van der Waals surface area (Å²) in [7, 11) is 1.64. The average Bonchev–Trinajstić information content (AvgIpc) is 2.59. The van der Waals surface area contributed by atoms with E-state index in [9.17, 15) is 10.2 Å². The molecule has 1 rings (SSSR count). The van der Waals surface area contributed by atoms with E-state index in [1.54, 1.807) is 15.9 Å². The zero-order valence-electron chi connectivity index (χ0n) is 14.7. The zero-order valence-corrected chi connectivity index (χ0v) is 18.4. The standard InChI is InChI=1S/C9H11N3O2S.2C4H9.Sn/c1-10-9(15)12-11-5-6-3-2-4-7(13)8(6)14;2*1-3-4-2;/h2-5,13-14H,1H3,(H2,10,12,15);2*1,3-4H2,2H3;/q;;;+2/p-2/b11-5+;;;. The van der Waals surface area contributed by atoms with Gasteiger partial charge in [0, 0.05) is 7.05 Å². The van der Waals surface area contributed by atoms with Gasteiger partial charge in [-0.05, 0) is 17.8 Å². The molecule has 1 aromatic carbocycles. The molecule has 0 aliphatic rings. The van der Waals surface area contributed by atoms with E-state index in [1.807, 2.05) is 0 Å². The van der Waals surface area contributed by atoms with Crippen LogP contribution in [0, 0.1) is 0 Å². The molecule has 1 aromatic rings. The first-order chi connectivity index (χ1) is 11.6. The number of unbranched alkanes of at least 4 members (excludes halogenated alkanes) is 2. The molecule has 0 aliphatic carbocycles. The number of nitrogens with zero attached hydrogens (tertiary/aromatic N) is 1. The summed E-state index contributed by atoms with van der Waals surface area (Å²) in [5.41, 5.74) is 2.71. The van der Waals surface area contributed by atoms with E-state index in [0.717, 1.165) is 0 Å². The van der Waals surface area contributed by atoms with Crippen molar-refractivity contribution >= 4 is 44.7 Å². The van der Waals surface area contributed by atoms with E-state index in [2.05, 4.69) is 29.7 Å². The average molecular weight is 456 g/mol. The van der Waals surface area contributed by atoms with E-state index in [4.69, 9.17) is 12.2 Å². The molecule has 0 fully saturated rings. The third kappa shape index (κ3) is 11.5. The normalized spacial score (nSPS) is 9.79. The van der Waals surface area contributed by atoms with Crippen LogP contribution >= 0.6 is 12.2 Å². The minimum atomic E-state index is -0.571. The van der Waals surface area contributed by atoms with Gasteiger partial charge in [-0.15, -0.1) is 11.5 Å². The zero-order chi connectivity index (χ0) is 18.2. The van der Waals surface area contributed by atoms with E-state index in [1.165, 1.54) is 50.1 Å². The molecule has 0 aliphatic heterocycles. The van der Waals surface area contributed by atoms with Gasteiger partial charge in [0.25, 0.3) is 0 Å². The van der Waals surface area contributed by atoms with E-state index >= 15 is 0 Å². The van der Waals surface area contributed by atoms with Gasteiger partial charge in [-0.25, -0.2) is 0 Å². The summed E-state index contributed by atoms with van der Waals surface area (Å²) < 4.78 is 3.25. The molecule has 0 aromatic heterocycles. The maximum Gasteiger partial charge on any atom is 0.186 e. The van der Waals surface area contributed by atoms with Gasteiger partial charge in [0.15, 0.2) is 5.11 Å². The molecule has 24 heavy (non-hydrogen) atoms. The Hall–Kier alpha value is -1.02. The second-order valence-electron chi connectivity index (χ2n) is 5.08. The quantitative estimate of drug-likeness (QED) is 0.207. The summed E-state index contributed by atoms with van der Waals surface area (Å²) in [4.78, 5) is 0. The molecule has 0 heterocycles. The molecular formula is C17H27N3O2SSn. The molecule has 0 atom stereocenters. The monoisotopic (exact) mass is 457 g/mol. The molecule has 0 radical (unpaired) electrons. The smallest absolute Gasteiger partial charge is 0.186 e. The van der Waals surface area contributed by atoms with Crippen LogP contribution < -0.4 is 21.0 Å². The van der Waals surface area contributed by atoms with E-state index < -0.39 is 11.5 Å². The van der Waals surface area contributed by atoms with E-state index in [0.29, 0.717) is 5.11 Å². The molecular weight excluding hydrogens is 429 g/mol. The third-order valence-electron chi connectivity index (χ3n) is 3.02. The predicted octanol–water partition coefficient (Wildman–Crippen LogP) is 2.39. The second-order valence-corrected chi connectivity index (χ2v) is 9.77. The van der Waals surface area contributed by atoms with Crippen molar-refractivity contribution < 1.29 is 10.2 Å². The Morgan fingerprint density at radius 3 is 2.38 bits per heavy atom. The SMILES string of the molecule is CCC[CH2][Sn+2][CH2]CCC.CNC(=S)N/N=C/c1cccc([O-])c1[O-]. The van der Waals surface area contributed by atoms with Crippen LogP contribution in [0.1, 0.15) is 45.1 Å². The Morgan fingerprint density at radius 2 is 1.83 bits per heavy atom. The largest absolute Gasteiger partial charge is 0.873 e. The van der Waals surface area contributed by atoms with Crippen molar-refractivity contribution in [2.45, 2.75) is 48.4 Å². The van der Waals surface area contributed by atoms with Crippen LogP contribution in [0.5, 0.6) is 11.5 Å². The van der Waals surface area contributed by atoms with Gasteiger partial charge < -0.3 is 15.5 Å². The van der Waals surface area contributed by atoms with Crippen molar-refractivity contribution in [3.63, 3.8) is 0 Å². The van der Waals surface area contributed by atoms with Crippen LogP contribution in [0.3, 0.4) is 0 Å². The van der Waals surface area contributed by atoms with Crippen LogP contribution in [0.15, 0.2) is 23.3 Å². The Bertz CT molecular complexity index is 493. The topological polar surface area (TPSA) is 82.5 Å². The summed E-state index contributed by atoms with van der Waals surface area (Å²) in [5.74, 6) is -1.12. The molecule has 2 N–H and O–H groups in total. The Balaban J connectivity index is 0.000000506. The van der Waals surface area contributed by atoms with Crippen molar-refractivity contribution in [3.05, 3.63) is 23.8 Å². The van der Waals surface area contributed by atoms with Gasteiger partial charge >= 0.3 is 69.5 Å². The minimum Gasteiger partial charge on any atom is -0.873 e. The maximum absolute atomic E-state index is 11.2. The summed E-state index contributed by atoms with van der Waals surface area (Å²) in [6.45, 7) is 4.58. The summed E-state index contributed by atoms with van der Waals surface area (Å²) in [6, 6.07) is 4.23. The van der Waals surface area contributed by atoms with Crippen molar-refractivity contribution in [1.82, 2.24) is 10.7 Å². The van der Waals surface area contributed by atoms with Gasteiger partial charge in [0.2, 0.25) is 0 Å². The fourth-order valence-corrected chi connectivity index (χ4v) is 5.79. The fraction of sp³-hybridized carbons (Fsp3) is 0.529. The number of hydrogen-bond acceptors (Lipinski definition) is 4. The van der Waals surface area contributed by atoms with Crippen molar-refractivity contribution in [1.29, 1.82) is 0 Å². The van der Waals surface area contributed by atoms with E-state index in [-0.39, 0.29) is 26.7 Å². The van der Waals surface area contributed by atoms with Crippen LogP contribution in [-0.2, 0) is 0 Å². The fourth-order valence-electron chi connectivity index (χ4n) is 1.58. The molecule has 5 nitrogen and oxygen atoms in total. The molecule has 0 amide bonds. The number of benzene rings is 1. The van der Waals surface area contributed by atoms with Crippen molar-refractivity contribution in [2.24, 2.45) is 5.10 Å².